The average Bonchev–Trinajstić information content (AvgIpc) is 2.30. The highest BCUT2D eigenvalue weighted by atomic mass is 16.5. The third-order valence-corrected chi connectivity index (χ3v) is 3.65. The molecular formula is C14H20N2O2. The quantitative estimate of drug-likeness (QED) is 0.832. The second-order valence-electron chi connectivity index (χ2n) is 5.08. The molecule has 4 heteroatoms. The van der Waals surface area contributed by atoms with Crippen molar-refractivity contribution in [2.75, 3.05) is 19.8 Å². The monoisotopic (exact) mass is 248 g/mol. The van der Waals surface area contributed by atoms with E-state index >= 15 is 0 Å². The van der Waals surface area contributed by atoms with Gasteiger partial charge in [-0.3, -0.25) is 4.79 Å². The summed E-state index contributed by atoms with van der Waals surface area (Å²) in [4.78, 5) is 12.0. The Bertz CT molecular complexity index is 448. The summed E-state index contributed by atoms with van der Waals surface area (Å²) in [6, 6.07) is 6.21. The van der Waals surface area contributed by atoms with E-state index in [2.05, 4.69) is 31.3 Å². The highest BCUT2D eigenvalue weighted by molar-refractivity contribution is 5.84. The van der Waals surface area contributed by atoms with Gasteiger partial charge < -0.3 is 15.8 Å². The Morgan fingerprint density at radius 1 is 1.39 bits per heavy atom. The molecule has 0 bridgehead atoms. The number of carbonyl (C=O) groups is 1. The summed E-state index contributed by atoms with van der Waals surface area (Å²) >= 11 is 0. The molecule has 0 saturated carbocycles. The Hall–Kier alpha value is -1.39. The molecule has 4 nitrogen and oxygen atoms in total. The molecule has 1 amide bonds. The number of hydrogen-bond donors (Lipinski definition) is 2. The van der Waals surface area contributed by atoms with Crippen molar-refractivity contribution >= 4 is 5.91 Å². The van der Waals surface area contributed by atoms with Crippen molar-refractivity contribution in [3.8, 4) is 0 Å². The molecule has 1 saturated heterocycles. The van der Waals surface area contributed by atoms with E-state index in [1.54, 1.807) is 0 Å². The van der Waals surface area contributed by atoms with Gasteiger partial charge in [0, 0.05) is 13.1 Å². The van der Waals surface area contributed by atoms with E-state index in [0.29, 0.717) is 26.3 Å². The smallest absolute Gasteiger partial charge is 0.232 e. The Balaban J connectivity index is 1.95. The molecule has 1 aromatic rings. The van der Waals surface area contributed by atoms with Crippen LogP contribution in [0.5, 0.6) is 0 Å². The number of aryl methyl sites for hydroxylation is 2. The minimum Gasteiger partial charge on any atom is -0.379 e. The fourth-order valence-electron chi connectivity index (χ4n) is 1.97. The van der Waals surface area contributed by atoms with E-state index in [4.69, 9.17) is 10.5 Å². The van der Waals surface area contributed by atoms with Gasteiger partial charge in [-0.1, -0.05) is 18.2 Å². The summed E-state index contributed by atoms with van der Waals surface area (Å²) < 4.78 is 5.10. The number of benzene rings is 1. The van der Waals surface area contributed by atoms with Gasteiger partial charge in [-0.25, -0.2) is 0 Å². The van der Waals surface area contributed by atoms with Crippen LogP contribution in [0.4, 0.5) is 0 Å². The molecule has 0 aromatic heterocycles. The Kier molecular flexibility index (Phi) is 3.68. The first-order chi connectivity index (χ1) is 8.57. The number of nitrogens with one attached hydrogen (secondary N) is 1. The maximum absolute atomic E-state index is 12.0. The Labute approximate surface area is 108 Å². The summed E-state index contributed by atoms with van der Waals surface area (Å²) in [6.07, 6.45) is 0. The number of rotatable bonds is 4. The minimum absolute atomic E-state index is 0.00511. The molecule has 0 unspecified atom stereocenters. The summed E-state index contributed by atoms with van der Waals surface area (Å²) in [7, 11) is 0. The lowest BCUT2D eigenvalue weighted by Crippen LogP contribution is -2.58. The minimum atomic E-state index is -0.500. The molecule has 18 heavy (non-hydrogen) atoms. The van der Waals surface area contributed by atoms with Crippen molar-refractivity contribution in [3.05, 3.63) is 34.9 Å². The lowest BCUT2D eigenvalue weighted by atomic mass is 9.85. The fourth-order valence-corrected chi connectivity index (χ4v) is 1.97. The van der Waals surface area contributed by atoms with Gasteiger partial charge in [0.15, 0.2) is 0 Å². The molecule has 0 atom stereocenters. The maximum Gasteiger partial charge on any atom is 0.232 e. The molecule has 98 valence electrons. The second-order valence-corrected chi connectivity index (χ2v) is 5.08. The van der Waals surface area contributed by atoms with Crippen LogP contribution < -0.4 is 11.1 Å². The molecule has 1 heterocycles. The van der Waals surface area contributed by atoms with E-state index < -0.39 is 5.41 Å². The second kappa shape index (κ2) is 5.08. The van der Waals surface area contributed by atoms with Gasteiger partial charge in [-0.15, -0.1) is 0 Å². The lowest BCUT2D eigenvalue weighted by Gasteiger charge is -2.38. The fraction of sp³-hybridized carbons (Fsp3) is 0.500. The summed E-state index contributed by atoms with van der Waals surface area (Å²) in [5, 5.41) is 2.94. The molecule has 3 N–H and O–H groups in total. The molecule has 0 spiro atoms. The topological polar surface area (TPSA) is 64.4 Å². The van der Waals surface area contributed by atoms with Crippen LogP contribution in [0.25, 0.3) is 0 Å². The standard InChI is InChI=1S/C14H20N2O2/c1-10-3-4-12(5-11(10)2)6-16-13(17)14(7-15)8-18-9-14/h3-5H,6-9,15H2,1-2H3,(H,16,17). The van der Waals surface area contributed by atoms with Crippen LogP contribution in [-0.4, -0.2) is 25.7 Å². The van der Waals surface area contributed by atoms with Crippen LogP contribution in [0.3, 0.4) is 0 Å². The number of amides is 1. The number of carbonyl (C=O) groups excluding carboxylic acids is 1. The SMILES string of the molecule is Cc1ccc(CNC(=O)C2(CN)COC2)cc1C. The summed E-state index contributed by atoms with van der Waals surface area (Å²) in [5.74, 6) is -0.00511. The number of nitrogens with two attached hydrogens (primary N) is 1. The normalized spacial score (nSPS) is 17.1. The zero-order valence-corrected chi connectivity index (χ0v) is 11.0. The first-order valence-electron chi connectivity index (χ1n) is 6.20. The molecule has 2 rings (SSSR count). The summed E-state index contributed by atoms with van der Waals surface area (Å²) in [6.45, 7) is 5.90. The zero-order valence-electron chi connectivity index (χ0n) is 11.0. The third kappa shape index (κ3) is 2.40. The van der Waals surface area contributed by atoms with E-state index in [1.807, 2.05) is 6.07 Å². The highest BCUT2D eigenvalue weighted by Crippen LogP contribution is 2.26. The molecule has 1 aromatic carbocycles. The summed E-state index contributed by atoms with van der Waals surface area (Å²) in [5.41, 5.74) is 8.75. The van der Waals surface area contributed by atoms with Crippen LogP contribution in [0.15, 0.2) is 18.2 Å². The van der Waals surface area contributed by atoms with Gasteiger partial charge >= 0.3 is 0 Å². The van der Waals surface area contributed by atoms with Crippen LogP contribution in [0, 0.1) is 19.3 Å². The molecule has 0 radical (unpaired) electrons. The molecule has 1 aliphatic heterocycles. The van der Waals surface area contributed by atoms with Crippen molar-refractivity contribution in [1.82, 2.24) is 5.32 Å². The Morgan fingerprint density at radius 3 is 2.61 bits per heavy atom. The van der Waals surface area contributed by atoms with Gasteiger partial charge in [0.2, 0.25) is 5.91 Å². The van der Waals surface area contributed by atoms with Crippen molar-refractivity contribution < 1.29 is 9.53 Å². The van der Waals surface area contributed by atoms with Gasteiger partial charge in [0.25, 0.3) is 0 Å². The van der Waals surface area contributed by atoms with E-state index in [-0.39, 0.29) is 5.91 Å². The molecule has 0 aliphatic carbocycles. The van der Waals surface area contributed by atoms with Crippen LogP contribution in [-0.2, 0) is 16.1 Å². The van der Waals surface area contributed by atoms with Gasteiger partial charge in [0.1, 0.15) is 5.41 Å². The predicted octanol–water partition coefficient (Wildman–Crippen LogP) is 0.895. The van der Waals surface area contributed by atoms with E-state index in [1.165, 1.54) is 11.1 Å². The van der Waals surface area contributed by atoms with Gasteiger partial charge in [-0.2, -0.15) is 0 Å². The largest absolute Gasteiger partial charge is 0.379 e. The highest BCUT2D eigenvalue weighted by Gasteiger charge is 2.44. The van der Waals surface area contributed by atoms with Gasteiger partial charge in [-0.05, 0) is 30.5 Å². The predicted molar refractivity (Wildman–Crippen MR) is 70.1 cm³/mol. The van der Waals surface area contributed by atoms with Crippen LogP contribution >= 0.6 is 0 Å². The molecule has 1 aliphatic rings. The van der Waals surface area contributed by atoms with Crippen molar-refractivity contribution in [3.63, 3.8) is 0 Å². The molecule has 1 fully saturated rings. The van der Waals surface area contributed by atoms with Crippen LogP contribution in [0.2, 0.25) is 0 Å². The van der Waals surface area contributed by atoms with E-state index in [9.17, 15) is 4.79 Å². The third-order valence-electron chi connectivity index (χ3n) is 3.65. The van der Waals surface area contributed by atoms with Gasteiger partial charge in [0.05, 0.1) is 13.2 Å². The van der Waals surface area contributed by atoms with Crippen LogP contribution in [0.1, 0.15) is 16.7 Å². The lowest BCUT2D eigenvalue weighted by molar-refractivity contribution is -0.159. The first-order valence-corrected chi connectivity index (χ1v) is 6.20. The number of ether oxygens (including phenoxy) is 1. The first kappa shape index (κ1) is 13.1. The van der Waals surface area contributed by atoms with Crippen molar-refractivity contribution in [2.45, 2.75) is 20.4 Å². The maximum atomic E-state index is 12.0. The zero-order chi connectivity index (χ0) is 13.2. The van der Waals surface area contributed by atoms with Crippen molar-refractivity contribution in [1.29, 1.82) is 0 Å². The molecular weight excluding hydrogens is 228 g/mol. The Morgan fingerprint density at radius 2 is 2.11 bits per heavy atom. The average molecular weight is 248 g/mol. The van der Waals surface area contributed by atoms with E-state index in [0.717, 1.165) is 5.56 Å². The van der Waals surface area contributed by atoms with Crippen molar-refractivity contribution in [2.24, 2.45) is 11.1 Å². The number of hydrogen-bond acceptors (Lipinski definition) is 3.